The second-order valence-corrected chi connectivity index (χ2v) is 3.09. The van der Waals surface area contributed by atoms with Crippen LogP contribution in [0.2, 0.25) is 0 Å². The van der Waals surface area contributed by atoms with Gasteiger partial charge >= 0.3 is 12.3 Å². The minimum atomic E-state index is -5.01. The highest BCUT2D eigenvalue weighted by molar-refractivity contribution is 6.17. The summed E-state index contributed by atoms with van der Waals surface area (Å²) in [5.74, 6) is -3.10. The number of carboxylic acids is 1. The van der Waals surface area contributed by atoms with E-state index >= 15 is 0 Å². The van der Waals surface area contributed by atoms with Gasteiger partial charge in [0.05, 0.1) is 11.4 Å². The third-order valence-electron chi connectivity index (χ3n) is 1.72. The molecule has 2 N–H and O–H groups in total. The monoisotopic (exact) mass is 271 g/mol. The van der Waals surface area contributed by atoms with Gasteiger partial charge in [-0.05, 0) is 0 Å². The summed E-state index contributed by atoms with van der Waals surface area (Å²) in [5.41, 5.74) is -2.43. The summed E-state index contributed by atoms with van der Waals surface area (Å²) in [4.78, 5) is 23.9. The number of aromatic amines is 1. The Balaban J connectivity index is 3.32. The Labute approximate surface area is 96.8 Å². The zero-order valence-corrected chi connectivity index (χ0v) is 8.72. The summed E-state index contributed by atoms with van der Waals surface area (Å²) in [6.07, 6.45) is -4.39. The van der Waals surface area contributed by atoms with Crippen molar-refractivity contribution in [3.8, 4) is 5.88 Å². The lowest BCUT2D eigenvalue weighted by Crippen LogP contribution is -2.24. The van der Waals surface area contributed by atoms with Crippen LogP contribution < -0.4 is 10.2 Å². The van der Waals surface area contributed by atoms with Gasteiger partial charge in [0.25, 0.3) is 0 Å². The molecule has 17 heavy (non-hydrogen) atoms. The SMILES string of the molecule is O=C(O)c1c[nH]c(OC(F)(F)F)c(CCl)c1=O. The van der Waals surface area contributed by atoms with Crippen molar-refractivity contribution >= 4 is 17.6 Å². The number of carbonyl (C=O) groups is 1. The molecule has 0 atom stereocenters. The summed E-state index contributed by atoms with van der Waals surface area (Å²) in [5, 5.41) is 8.58. The average Bonchev–Trinajstić information content (AvgIpc) is 2.15. The quantitative estimate of drug-likeness (QED) is 0.820. The number of H-pyrrole nitrogens is 1. The minimum absolute atomic E-state index is 0.594. The van der Waals surface area contributed by atoms with E-state index < -0.39 is 40.6 Å². The zero-order chi connectivity index (χ0) is 13.2. The predicted octanol–water partition coefficient (Wildman–Crippen LogP) is 1.71. The molecule has 0 saturated carbocycles. The van der Waals surface area contributed by atoms with Gasteiger partial charge in [-0.25, -0.2) is 4.79 Å². The van der Waals surface area contributed by atoms with Crippen molar-refractivity contribution in [2.45, 2.75) is 12.2 Å². The largest absolute Gasteiger partial charge is 0.574 e. The highest BCUT2D eigenvalue weighted by Crippen LogP contribution is 2.23. The number of alkyl halides is 4. The highest BCUT2D eigenvalue weighted by atomic mass is 35.5. The minimum Gasteiger partial charge on any atom is -0.477 e. The van der Waals surface area contributed by atoms with Gasteiger partial charge in [-0.1, -0.05) is 0 Å². The molecule has 0 radical (unpaired) electrons. The third kappa shape index (κ3) is 3.13. The molecule has 1 aromatic heterocycles. The molecule has 0 bridgehead atoms. The van der Waals surface area contributed by atoms with Gasteiger partial charge in [0.1, 0.15) is 5.56 Å². The molecule has 0 aliphatic carbocycles. The van der Waals surface area contributed by atoms with Crippen LogP contribution in [0.15, 0.2) is 11.0 Å². The first-order valence-electron chi connectivity index (χ1n) is 4.06. The van der Waals surface area contributed by atoms with Gasteiger partial charge in [0.2, 0.25) is 11.3 Å². The van der Waals surface area contributed by atoms with Crippen molar-refractivity contribution in [1.29, 1.82) is 0 Å². The van der Waals surface area contributed by atoms with Gasteiger partial charge < -0.3 is 14.8 Å². The number of nitrogens with one attached hydrogen (secondary N) is 1. The van der Waals surface area contributed by atoms with Gasteiger partial charge in [-0.15, -0.1) is 24.8 Å². The van der Waals surface area contributed by atoms with Crippen LogP contribution in [-0.2, 0) is 5.88 Å². The lowest BCUT2D eigenvalue weighted by atomic mass is 10.2. The van der Waals surface area contributed by atoms with Crippen molar-refractivity contribution in [3.63, 3.8) is 0 Å². The maximum Gasteiger partial charge on any atom is 0.574 e. The van der Waals surface area contributed by atoms with E-state index in [1.54, 1.807) is 0 Å². The van der Waals surface area contributed by atoms with E-state index in [1.165, 1.54) is 0 Å². The van der Waals surface area contributed by atoms with E-state index in [0.29, 0.717) is 6.20 Å². The molecule has 1 aromatic rings. The standard InChI is InChI=1S/C8H5ClF3NO4/c9-1-3-5(14)4(7(15)16)2-13-6(3)17-8(10,11)12/h2H,1H2,(H,13,14)(H,15,16). The Kier molecular flexibility index (Phi) is 3.66. The van der Waals surface area contributed by atoms with Crippen molar-refractivity contribution in [1.82, 2.24) is 4.98 Å². The highest BCUT2D eigenvalue weighted by Gasteiger charge is 2.33. The number of aromatic nitrogens is 1. The second kappa shape index (κ2) is 4.66. The molecule has 9 heteroatoms. The van der Waals surface area contributed by atoms with Crippen LogP contribution >= 0.6 is 11.6 Å². The molecule has 0 saturated heterocycles. The smallest absolute Gasteiger partial charge is 0.477 e. The van der Waals surface area contributed by atoms with E-state index in [0.717, 1.165) is 0 Å². The Morgan fingerprint density at radius 3 is 2.53 bits per heavy atom. The molecule has 0 aromatic carbocycles. The topological polar surface area (TPSA) is 79.4 Å². The van der Waals surface area contributed by atoms with Gasteiger partial charge in [0.15, 0.2) is 0 Å². The fourth-order valence-corrected chi connectivity index (χ4v) is 1.29. The number of hydrogen-bond acceptors (Lipinski definition) is 3. The lowest BCUT2D eigenvalue weighted by Gasteiger charge is -2.11. The summed E-state index contributed by atoms with van der Waals surface area (Å²) in [6.45, 7) is 0. The van der Waals surface area contributed by atoms with Crippen molar-refractivity contribution in [2.75, 3.05) is 0 Å². The number of aromatic carboxylic acids is 1. The third-order valence-corrected chi connectivity index (χ3v) is 1.99. The second-order valence-electron chi connectivity index (χ2n) is 2.83. The van der Waals surface area contributed by atoms with Crippen LogP contribution in [-0.4, -0.2) is 22.4 Å². The molecule has 0 amide bonds. The van der Waals surface area contributed by atoms with Crippen molar-refractivity contribution < 1.29 is 27.8 Å². The zero-order valence-electron chi connectivity index (χ0n) is 7.97. The van der Waals surface area contributed by atoms with Gasteiger partial charge in [-0.3, -0.25) is 4.79 Å². The predicted molar refractivity (Wildman–Crippen MR) is 50.3 cm³/mol. The Morgan fingerprint density at radius 1 is 1.53 bits per heavy atom. The average molecular weight is 272 g/mol. The molecular weight excluding hydrogens is 267 g/mol. The summed E-state index contributed by atoms with van der Waals surface area (Å²) in [7, 11) is 0. The number of rotatable bonds is 3. The van der Waals surface area contributed by atoms with Crippen LogP contribution in [0.5, 0.6) is 5.88 Å². The molecule has 5 nitrogen and oxygen atoms in total. The maximum atomic E-state index is 11.9. The van der Waals surface area contributed by atoms with Crippen molar-refractivity contribution in [3.05, 3.63) is 27.5 Å². The Hall–Kier alpha value is -1.70. The van der Waals surface area contributed by atoms with E-state index in [9.17, 15) is 22.8 Å². The first kappa shape index (κ1) is 13.4. The molecule has 1 rings (SSSR count). The van der Waals surface area contributed by atoms with Crippen molar-refractivity contribution in [2.24, 2.45) is 0 Å². The van der Waals surface area contributed by atoms with E-state index in [-0.39, 0.29) is 0 Å². The Bertz CT molecular complexity index is 497. The maximum absolute atomic E-state index is 11.9. The van der Waals surface area contributed by atoms with E-state index in [2.05, 4.69) is 4.74 Å². The normalized spacial score (nSPS) is 11.3. The molecule has 1 heterocycles. The molecule has 0 spiro atoms. The number of halogens is 4. The number of ether oxygens (including phenoxy) is 1. The fourth-order valence-electron chi connectivity index (χ4n) is 1.04. The molecular formula is C8H5ClF3NO4. The van der Waals surface area contributed by atoms with Gasteiger partial charge in [-0.2, -0.15) is 0 Å². The number of hydrogen-bond donors (Lipinski definition) is 2. The lowest BCUT2D eigenvalue weighted by molar-refractivity contribution is -0.276. The summed E-state index contributed by atoms with van der Waals surface area (Å²) >= 11 is 5.28. The fraction of sp³-hybridized carbons (Fsp3) is 0.250. The summed E-state index contributed by atoms with van der Waals surface area (Å²) < 4.78 is 39.3. The van der Waals surface area contributed by atoms with E-state index in [1.807, 2.05) is 4.98 Å². The number of carboxylic acid groups (broad SMARTS) is 1. The first-order chi connectivity index (χ1) is 7.76. The summed E-state index contributed by atoms with van der Waals surface area (Å²) in [6, 6.07) is 0. The molecule has 0 fully saturated rings. The number of pyridine rings is 1. The van der Waals surface area contributed by atoms with Crippen LogP contribution in [0.3, 0.4) is 0 Å². The van der Waals surface area contributed by atoms with Crippen LogP contribution in [0, 0.1) is 0 Å². The Morgan fingerprint density at radius 2 is 2.12 bits per heavy atom. The first-order valence-corrected chi connectivity index (χ1v) is 4.59. The molecule has 0 unspecified atom stereocenters. The van der Waals surface area contributed by atoms with Gasteiger partial charge in [0, 0.05) is 6.20 Å². The molecule has 94 valence electrons. The molecule has 0 aliphatic heterocycles. The van der Waals surface area contributed by atoms with Crippen LogP contribution in [0.1, 0.15) is 15.9 Å². The van der Waals surface area contributed by atoms with Crippen LogP contribution in [0.4, 0.5) is 13.2 Å². The van der Waals surface area contributed by atoms with Crippen LogP contribution in [0.25, 0.3) is 0 Å². The molecule has 0 aliphatic rings. The van der Waals surface area contributed by atoms with E-state index in [4.69, 9.17) is 16.7 Å².